The summed E-state index contributed by atoms with van der Waals surface area (Å²) in [5.41, 5.74) is -0.858. The van der Waals surface area contributed by atoms with E-state index in [1.807, 2.05) is 0 Å². The van der Waals surface area contributed by atoms with Crippen LogP contribution in [0, 0.1) is 5.41 Å². The third-order valence-corrected chi connectivity index (χ3v) is 6.99. The highest BCUT2D eigenvalue weighted by atomic mass is 32.2. The molecule has 0 spiro atoms. The molecule has 2 rings (SSSR count). The van der Waals surface area contributed by atoms with Gasteiger partial charge in [0, 0.05) is 25.2 Å². The number of hydrogen-bond donors (Lipinski definition) is 2. The molecule has 1 amide bonds. The van der Waals surface area contributed by atoms with Crippen LogP contribution >= 0.6 is 0 Å². The molecule has 1 heterocycles. The van der Waals surface area contributed by atoms with Crippen LogP contribution in [0.1, 0.15) is 37.0 Å². The summed E-state index contributed by atoms with van der Waals surface area (Å²) >= 11 is 0. The molecular weight excluding hydrogens is 372 g/mol. The van der Waals surface area contributed by atoms with E-state index in [1.54, 1.807) is 13.8 Å². The number of carbonyl (C=O) groups excluding carboxylic acids is 1. The Bertz CT molecular complexity index is 783. The summed E-state index contributed by atoms with van der Waals surface area (Å²) < 4.78 is 32.0. The van der Waals surface area contributed by atoms with Gasteiger partial charge in [-0.05, 0) is 31.0 Å². The number of aliphatic carboxylic acids is 1. The van der Waals surface area contributed by atoms with Gasteiger partial charge in [-0.3, -0.25) is 9.59 Å². The number of rotatable bonds is 8. The Kier molecular flexibility index (Phi) is 6.96. The van der Waals surface area contributed by atoms with Crippen molar-refractivity contribution < 1.29 is 27.9 Å². The van der Waals surface area contributed by atoms with Crippen LogP contribution in [0.5, 0.6) is 0 Å². The lowest BCUT2D eigenvalue weighted by atomic mass is 9.82. The molecule has 27 heavy (non-hydrogen) atoms. The molecule has 0 bridgehead atoms. The van der Waals surface area contributed by atoms with Gasteiger partial charge in [-0.25, -0.2) is 8.42 Å². The van der Waals surface area contributed by atoms with E-state index in [4.69, 9.17) is 4.74 Å². The van der Waals surface area contributed by atoms with Crippen LogP contribution in [0.15, 0.2) is 29.2 Å². The van der Waals surface area contributed by atoms with Crippen LogP contribution in [0.3, 0.4) is 0 Å². The van der Waals surface area contributed by atoms with Crippen LogP contribution in [-0.2, 0) is 19.6 Å². The quantitative estimate of drug-likeness (QED) is 0.683. The van der Waals surface area contributed by atoms with E-state index >= 15 is 0 Å². The molecule has 0 saturated carbocycles. The summed E-state index contributed by atoms with van der Waals surface area (Å²) in [4.78, 5) is 24.1. The Morgan fingerprint density at radius 2 is 1.85 bits per heavy atom. The number of nitrogens with zero attached hydrogens (tertiary/aromatic N) is 1. The van der Waals surface area contributed by atoms with Crippen LogP contribution in [0.25, 0.3) is 0 Å². The number of ether oxygens (including phenoxy) is 1. The summed E-state index contributed by atoms with van der Waals surface area (Å²) in [7, 11) is -3.70. The number of carboxylic acids is 1. The van der Waals surface area contributed by atoms with Crippen LogP contribution < -0.4 is 5.32 Å². The summed E-state index contributed by atoms with van der Waals surface area (Å²) in [6.07, 6.45) is 0.759. The molecule has 1 aliphatic rings. The van der Waals surface area contributed by atoms with Gasteiger partial charge in [0.25, 0.3) is 5.91 Å². The second-order valence-corrected chi connectivity index (χ2v) is 8.46. The molecule has 1 aromatic rings. The number of sulfonamides is 1. The maximum atomic E-state index is 12.7. The monoisotopic (exact) mass is 398 g/mol. The lowest BCUT2D eigenvalue weighted by Crippen LogP contribution is -2.42. The molecule has 9 heteroatoms. The van der Waals surface area contributed by atoms with E-state index in [1.165, 1.54) is 28.6 Å². The minimum atomic E-state index is -3.70. The third kappa shape index (κ3) is 4.66. The predicted molar refractivity (Wildman–Crippen MR) is 99.0 cm³/mol. The summed E-state index contributed by atoms with van der Waals surface area (Å²) in [5.74, 6) is -1.46. The molecule has 1 aromatic carbocycles. The van der Waals surface area contributed by atoms with Gasteiger partial charge in [0.2, 0.25) is 10.0 Å². The van der Waals surface area contributed by atoms with Crippen molar-refractivity contribution in [3.8, 4) is 0 Å². The topological polar surface area (TPSA) is 113 Å². The Labute approximate surface area is 159 Å². The minimum Gasteiger partial charge on any atom is -0.481 e. The number of morpholine rings is 1. The molecule has 0 unspecified atom stereocenters. The molecule has 8 nitrogen and oxygen atoms in total. The molecular formula is C18H26N2O6S. The van der Waals surface area contributed by atoms with Crippen molar-refractivity contribution in [2.75, 3.05) is 32.8 Å². The predicted octanol–water partition coefficient (Wildman–Crippen LogP) is 1.33. The first kappa shape index (κ1) is 21.3. The van der Waals surface area contributed by atoms with Crippen molar-refractivity contribution in [3.63, 3.8) is 0 Å². The van der Waals surface area contributed by atoms with E-state index in [9.17, 15) is 23.1 Å². The highest BCUT2D eigenvalue weighted by molar-refractivity contribution is 7.89. The van der Waals surface area contributed by atoms with Gasteiger partial charge in [-0.15, -0.1) is 0 Å². The zero-order valence-corrected chi connectivity index (χ0v) is 16.4. The minimum absolute atomic E-state index is 0.0192. The van der Waals surface area contributed by atoms with Crippen molar-refractivity contribution in [1.82, 2.24) is 9.62 Å². The Hall–Kier alpha value is -1.97. The third-order valence-electron chi connectivity index (χ3n) is 5.10. The Morgan fingerprint density at radius 3 is 2.41 bits per heavy atom. The smallest absolute Gasteiger partial charge is 0.311 e. The summed E-state index contributed by atoms with van der Waals surface area (Å²) in [5, 5.41) is 12.1. The average Bonchev–Trinajstić information content (AvgIpc) is 2.69. The van der Waals surface area contributed by atoms with Gasteiger partial charge in [0.1, 0.15) is 0 Å². The van der Waals surface area contributed by atoms with E-state index in [-0.39, 0.29) is 30.1 Å². The van der Waals surface area contributed by atoms with E-state index in [0.29, 0.717) is 26.1 Å². The van der Waals surface area contributed by atoms with E-state index in [2.05, 4.69) is 5.32 Å². The van der Waals surface area contributed by atoms with Gasteiger partial charge < -0.3 is 15.2 Å². The zero-order valence-electron chi connectivity index (χ0n) is 15.6. The average molecular weight is 398 g/mol. The Morgan fingerprint density at radius 1 is 1.22 bits per heavy atom. The van der Waals surface area contributed by atoms with Crippen molar-refractivity contribution in [2.24, 2.45) is 5.41 Å². The molecule has 1 fully saturated rings. The van der Waals surface area contributed by atoms with Crippen LogP contribution in [0.2, 0.25) is 0 Å². The van der Waals surface area contributed by atoms with E-state index in [0.717, 1.165) is 0 Å². The zero-order chi connectivity index (χ0) is 20.1. The molecule has 0 aliphatic carbocycles. The maximum Gasteiger partial charge on any atom is 0.311 e. The summed E-state index contributed by atoms with van der Waals surface area (Å²) in [6.45, 7) is 4.72. The van der Waals surface area contributed by atoms with Crippen molar-refractivity contribution in [2.45, 2.75) is 31.6 Å². The van der Waals surface area contributed by atoms with Gasteiger partial charge in [0.05, 0.1) is 23.5 Å². The standard InChI is InChI=1S/C18H26N2O6S/c1-3-18(4-2,17(22)23)13-19-16(21)14-6-5-7-15(12-14)27(24,25)20-8-10-26-11-9-20/h5-7,12H,3-4,8-11,13H2,1-2H3,(H,19,21)(H,22,23). The number of carboxylic acid groups (broad SMARTS) is 1. The lowest BCUT2D eigenvalue weighted by Gasteiger charge is -2.27. The number of benzene rings is 1. The Balaban J connectivity index is 2.17. The normalized spacial score (nSPS) is 16.1. The maximum absolute atomic E-state index is 12.7. The first-order chi connectivity index (χ1) is 12.8. The fraction of sp³-hybridized carbons (Fsp3) is 0.556. The van der Waals surface area contributed by atoms with Crippen molar-refractivity contribution in [1.29, 1.82) is 0 Å². The number of hydrogen-bond acceptors (Lipinski definition) is 5. The van der Waals surface area contributed by atoms with Crippen LogP contribution in [-0.4, -0.2) is 62.6 Å². The second-order valence-electron chi connectivity index (χ2n) is 6.52. The van der Waals surface area contributed by atoms with Gasteiger partial charge in [-0.1, -0.05) is 19.9 Å². The molecule has 0 radical (unpaired) electrons. The fourth-order valence-corrected chi connectivity index (χ4v) is 4.42. The van der Waals surface area contributed by atoms with Gasteiger partial charge >= 0.3 is 5.97 Å². The van der Waals surface area contributed by atoms with Gasteiger partial charge in [0.15, 0.2) is 0 Å². The highest BCUT2D eigenvalue weighted by Gasteiger charge is 2.35. The number of carbonyl (C=O) groups is 2. The molecule has 150 valence electrons. The van der Waals surface area contributed by atoms with Crippen molar-refractivity contribution in [3.05, 3.63) is 29.8 Å². The fourth-order valence-electron chi connectivity index (χ4n) is 2.96. The molecule has 1 aliphatic heterocycles. The van der Waals surface area contributed by atoms with Crippen molar-refractivity contribution >= 4 is 21.9 Å². The lowest BCUT2D eigenvalue weighted by molar-refractivity contribution is -0.149. The first-order valence-electron chi connectivity index (χ1n) is 8.96. The molecule has 2 N–H and O–H groups in total. The molecule has 0 aromatic heterocycles. The summed E-state index contributed by atoms with van der Waals surface area (Å²) in [6, 6.07) is 5.78. The number of nitrogens with one attached hydrogen (secondary N) is 1. The SMILES string of the molecule is CCC(CC)(CNC(=O)c1cccc(S(=O)(=O)N2CCOCC2)c1)C(=O)O. The largest absolute Gasteiger partial charge is 0.481 e. The van der Waals surface area contributed by atoms with Crippen LogP contribution in [0.4, 0.5) is 0 Å². The number of amides is 1. The first-order valence-corrected chi connectivity index (χ1v) is 10.4. The van der Waals surface area contributed by atoms with Gasteiger partial charge in [-0.2, -0.15) is 4.31 Å². The van der Waals surface area contributed by atoms with E-state index < -0.39 is 27.3 Å². The molecule has 1 saturated heterocycles. The molecule has 0 atom stereocenters. The highest BCUT2D eigenvalue weighted by Crippen LogP contribution is 2.26. The second kappa shape index (κ2) is 8.81.